The quantitative estimate of drug-likeness (QED) is 0.800. The molecule has 1 amide bonds. The Balaban J connectivity index is 2.20. The van der Waals surface area contributed by atoms with E-state index in [0.717, 1.165) is 0 Å². The zero-order chi connectivity index (χ0) is 12.4. The van der Waals surface area contributed by atoms with Gasteiger partial charge in [0.1, 0.15) is 0 Å². The molecule has 0 aliphatic heterocycles. The van der Waals surface area contributed by atoms with E-state index in [9.17, 15) is 4.79 Å². The number of nitrogens with one attached hydrogen (secondary N) is 1. The van der Waals surface area contributed by atoms with Crippen molar-refractivity contribution in [3.05, 3.63) is 41.2 Å². The van der Waals surface area contributed by atoms with Gasteiger partial charge >= 0.3 is 0 Å². The minimum atomic E-state index is -0.289. The standard InChI is InChI=1S/C11H11ClN4O/c1-16-6-8(5-14-16)15-11(17)9-3-2-7(13)4-10(9)12/h2-6H,13H2,1H3,(H,15,17). The van der Waals surface area contributed by atoms with Crippen LogP contribution in [0.1, 0.15) is 10.4 Å². The van der Waals surface area contributed by atoms with Crippen LogP contribution >= 0.6 is 11.6 Å². The number of anilines is 2. The predicted octanol–water partition coefficient (Wildman–Crippen LogP) is 1.91. The molecule has 0 saturated heterocycles. The van der Waals surface area contributed by atoms with Gasteiger partial charge in [-0.05, 0) is 18.2 Å². The maximum atomic E-state index is 11.9. The molecule has 0 unspecified atom stereocenters. The summed E-state index contributed by atoms with van der Waals surface area (Å²) >= 11 is 5.93. The van der Waals surface area contributed by atoms with Gasteiger partial charge in [-0.3, -0.25) is 9.48 Å². The topological polar surface area (TPSA) is 72.9 Å². The first-order valence-corrected chi connectivity index (χ1v) is 5.29. The van der Waals surface area contributed by atoms with Crippen molar-refractivity contribution in [2.45, 2.75) is 0 Å². The molecule has 17 heavy (non-hydrogen) atoms. The molecule has 0 radical (unpaired) electrons. The van der Waals surface area contributed by atoms with E-state index < -0.39 is 0 Å². The Morgan fingerprint density at radius 3 is 2.88 bits per heavy atom. The first-order valence-electron chi connectivity index (χ1n) is 4.91. The minimum absolute atomic E-state index is 0.289. The van der Waals surface area contributed by atoms with E-state index >= 15 is 0 Å². The number of carbonyl (C=O) groups is 1. The van der Waals surface area contributed by atoms with Gasteiger partial charge in [0.05, 0.1) is 22.5 Å². The monoisotopic (exact) mass is 250 g/mol. The van der Waals surface area contributed by atoms with E-state index in [1.807, 2.05) is 0 Å². The zero-order valence-electron chi connectivity index (χ0n) is 9.14. The van der Waals surface area contributed by atoms with Crippen LogP contribution in [0.4, 0.5) is 11.4 Å². The number of amides is 1. The van der Waals surface area contributed by atoms with Crippen molar-refractivity contribution in [2.75, 3.05) is 11.1 Å². The average molecular weight is 251 g/mol. The maximum Gasteiger partial charge on any atom is 0.257 e. The molecule has 0 aliphatic rings. The van der Waals surface area contributed by atoms with Crippen LogP contribution in [0.25, 0.3) is 0 Å². The molecule has 0 aliphatic carbocycles. The Labute approximate surface area is 103 Å². The van der Waals surface area contributed by atoms with Gasteiger partial charge in [-0.25, -0.2) is 0 Å². The van der Waals surface area contributed by atoms with E-state index in [0.29, 0.717) is 22.0 Å². The lowest BCUT2D eigenvalue weighted by atomic mass is 10.2. The molecule has 1 aromatic heterocycles. The first kappa shape index (κ1) is 11.5. The summed E-state index contributed by atoms with van der Waals surface area (Å²) in [5.74, 6) is -0.289. The molecule has 1 aromatic carbocycles. The number of hydrogen-bond donors (Lipinski definition) is 2. The van der Waals surface area contributed by atoms with Gasteiger partial charge in [0.15, 0.2) is 0 Å². The number of benzene rings is 1. The van der Waals surface area contributed by atoms with Crippen LogP contribution in [-0.4, -0.2) is 15.7 Å². The molecule has 0 saturated carbocycles. The van der Waals surface area contributed by atoms with E-state index in [4.69, 9.17) is 17.3 Å². The minimum Gasteiger partial charge on any atom is -0.399 e. The second-order valence-electron chi connectivity index (χ2n) is 3.60. The number of halogens is 1. The molecule has 2 rings (SSSR count). The zero-order valence-corrected chi connectivity index (χ0v) is 9.90. The Hall–Kier alpha value is -2.01. The van der Waals surface area contributed by atoms with Gasteiger partial charge in [-0.15, -0.1) is 0 Å². The number of rotatable bonds is 2. The van der Waals surface area contributed by atoms with E-state index in [2.05, 4.69) is 10.4 Å². The van der Waals surface area contributed by atoms with Crippen LogP contribution in [0.15, 0.2) is 30.6 Å². The lowest BCUT2D eigenvalue weighted by molar-refractivity contribution is 0.102. The molecule has 88 valence electrons. The van der Waals surface area contributed by atoms with Gasteiger partial charge < -0.3 is 11.1 Å². The Morgan fingerprint density at radius 2 is 2.29 bits per heavy atom. The van der Waals surface area contributed by atoms with E-state index in [1.165, 1.54) is 0 Å². The molecule has 2 aromatic rings. The number of carbonyl (C=O) groups excluding carboxylic acids is 1. The van der Waals surface area contributed by atoms with Crippen molar-refractivity contribution in [1.82, 2.24) is 9.78 Å². The van der Waals surface area contributed by atoms with E-state index in [-0.39, 0.29) is 5.91 Å². The lowest BCUT2D eigenvalue weighted by Gasteiger charge is -2.05. The summed E-state index contributed by atoms with van der Waals surface area (Å²) in [6.07, 6.45) is 3.26. The van der Waals surface area contributed by atoms with Crippen molar-refractivity contribution >= 4 is 28.9 Å². The lowest BCUT2D eigenvalue weighted by Crippen LogP contribution is -2.12. The summed E-state index contributed by atoms with van der Waals surface area (Å²) in [5, 5.41) is 6.97. The molecule has 3 N–H and O–H groups in total. The summed E-state index contributed by atoms with van der Waals surface area (Å²) in [6.45, 7) is 0. The molecular weight excluding hydrogens is 240 g/mol. The van der Waals surface area contributed by atoms with Crippen LogP contribution in [0.2, 0.25) is 5.02 Å². The summed E-state index contributed by atoms with van der Waals surface area (Å²) in [7, 11) is 1.77. The third kappa shape index (κ3) is 2.57. The fourth-order valence-corrected chi connectivity index (χ4v) is 1.67. The third-order valence-electron chi connectivity index (χ3n) is 2.20. The van der Waals surface area contributed by atoms with Gasteiger partial charge in [-0.1, -0.05) is 11.6 Å². The highest BCUT2D eigenvalue weighted by atomic mass is 35.5. The third-order valence-corrected chi connectivity index (χ3v) is 2.51. The maximum absolute atomic E-state index is 11.9. The number of nitrogens with zero attached hydrogens (tertiary/aromatic N) is 2. The van der Waals surface area contributed by atoms with Crippen LogP contribution in [0.3, 0.4) is 0 Å². The van der Waals surface area contributed by atoms with Crippen molar-refractivity contribution < 1.29 is 4.79 Å². The SMILES string of the molecule is Cn1cc(NC(=O)c2ccc(N)cc2Cl)cn1. The molecule has 0 spiro atoms. The second-order valence-corrected chi connectivity index (χ2v) is 4.00. The van der Waals surface area contributed by atoms with Crippen LogP contribution in [-0.2, 0) is 7.05 Å². The van der Waals surface area contributed by atoms with E-state index in [1.54, 1.807) is 42.3 Å². The molecule has 5 nitrogen and oxygen atoms in total. The number of aromatic nitrogens is 2. The van der Waals surface area contributed by atoms with Crippen molar-refractivity contribution in [3.63, 3.8) is 0 Å². The van der Waals surface area contributed by atoms with Gasteiger partial charge in [0, 0.05) is 18.9 Å². The number of hydrogen-bond acceptors (Lipinski definition) is 3. The number of aryl methyl sites for hydroxylation is 1. The highest BCUT2D eigenvalue weighted by molar-refractivity contribution is 6.34. The molecular formula is C11H11ClN4O. The molecule has 0 bridgehead atoms. The summed E-state index contributed by atoms with van der Waals surface area (Å²) in [5.41, 5.74) is 7.07. The Morgan fingerprint density at radius 1 is 1.53 bits per heavy atom. The van der Waals surface area contributed by atoms with Gasteiger partial charge in [-0.2, -0.15) is 5.10 Å². The van der Waals surface area contributed by atoms with Crippen LogP contribution in [0, 0.1) is 0 Å². The first-order chi connectivity index (χ1) is 8.06. The highest BCUT2D eigenvalue weighted by Crippen LogP contribution is 2.20. The van der Waals surface area contributed by atoms with Gasteiger partial charge in [0.2, 0.25) is 0 Å². The fraction of sp³-hybridized carbons (Fsp3) is 0.0909. The van der Waals surface area contributed by atoms with Crippen molar-refractivity contribution in [1.29, 1.82) is 0 Å². The molecule has 6 heteroatoms. The number of nitrogen functional groups attached to an aromatic ring is 1. The smallest absolute Gasteiger partial charge is 0.257 e. The molecule has 1 heterocycles. The van der Waals surface area contributed by atoms with Crippen LogP contribution < -0.4 is 11.1 Å². The fourth-order valence-electron chi connectivity index (χ4n) is 1.40. The predicted molar refractivity (Wildman–Crippen MR) is 67.0 cm³/mol. The summed E-state index contributed by atoms with van der Waals surface area (Å²) in [6, 6.07) is 4.76. The Kier molecular flexibility index (Phi) is 3.01. The Bertz CT molecular complexity index is 564. The van der Waals surface area contributed by atoms with Gasteiger partial charge in [0.25, 0.3) is 5.91 Å². The largest absolute Gasteiger partial charge is 0.399 e. The van der Waals surface area contributed by atoms with Crippen molar-refractivity contribution in [2.24, 2.45) is 7.05 Å². The highest BCUT2D eigenvalue weighted by Gasteiger charge is 2.11. The average Bonchev–Trinajstić information content (AvgIpc) is 2.63. The normalized spacial score (nSPS) is 10.2. The summed E-state index contributed by atoms with van der Waals surface area (Å²) < 4.78 is 1.60. The number of nitrogens with two attached hydrogens (primary N) is 1. The second kappa shape index (κ2) is 4.47. The van der Waals surface area contributed by atoms with Crippen LogP contribution in [0.5, 0.6) is 0 Å². The van der Waals surface area contributed by atoms with Crippen molar-refractivity contribution in [3.8, 4) is 0 Å². The summed E-state index contributed by atoms with van der Waals surface area (Å²) in [4.78, 5) is 11.9. The molecule has 0 fully saturated rings. The molecule has 0 atom stereocenters.